The number of halogens is 1. The second-order valence-corrected chi connectivity index (χ2v) is 7.74. The molecule has 0 bridgehead atoms. The molecule has 1 N–H and O–H groups in total. The van der Waals surface area contributed by atoms with Crippen molar-refractivity contribution >= 4 is 21.7 Å². The van der Waals surface area contributed by atoms with E-state index in [1.54, 1.807) is 24.3 Å². The topological polar surface area (TPSA) is 63.6 Å². The quantitative estimate of drug-likeness (QED) is 0.665. The number of alkyl halides is 1. The predicted molar refractivity (Wildman–Crippen MR) is 81.9 cm³/mol. The Hall–Kier alpha value is -0.620. The van der Waals surface area contributed by atoms with E-state index in [4.69, 9.17) is 15.8 Å². The monoisotopic (exact) mass is 332 g/mol. The first-order valence-electron chi connectivity index (χ1n) is 7.09. The molecule has 0 heterocycles. The van der Waals surface area contributed by atoms with E-state index in [0.29, 0.717) is 12.8 Å². The fraction of sp³-hybridized carbons (Fsp3) is 0.600. The molecule has 1 aliphatic carbocycles. The van der Waals surface area contributed by atoms with Crippen molar-refractivity contribution in [3.63, 3.8) is 0 Å². The van der Waals surface area contributed by atoms with Gasteiger partial charge in [-0.1, -0.05) is 17.7 Å². The molecule has 0 unspecified atom stereocenters. The molecule has 21 heavy (non-hydrogen) atoms. The number of hydrogen-bond acceptors (Lipinski definition) is 4. The maximum absolute atomic E-state index is 12.1. The van der Waals surface area contributed by atoms with Crippen LogP contribution in [0.25, 0.3) is 0 Å². The highest BCUT2D eigenvalue weighted by Crippen LogP contribution is 2.33. The van der Waals surface area contributed by atoms with Crippen molar-refractivity contribution in [1.82, 2.24) is 0 Å². The zero-order chi connectivity index (χ0) is 15.5. The second kappa shape index (κ2) is 6.65. The van der Waals surface area contributed by atoms with Gasteiger partial charge in [0.15, 0.2) is 0 Å². The highest BCUT2D eigenvalue weighted by Gasteiger charge is 2.33. The fourth-order valence-corrected chi connectivity index (χ4v) is 3.72. The molecule has 0 atom stereocenters. The maximum Gasteiger partial charge on any atom is 0.296 e. The van der Waals surface area contributed by atoms with Crippen molar-refractivity contribution in [1.29, 1.82) is 0 Å². The Bertz CT molecular complexity index is 560. The Labute approximate surface area is 131 Å². The summed E-state index contributed by atoms with van der Waals surface area (Å²) in [6.07, 6.45) is 2.64. The smallest absolute Gasteiger partial charge is 0.296 e. The molecule has 1 aliphatic rings. The predicted octanol–water partition coefficient (Wildman–Crippen LogP) is 2.86. The summed E-state index contributed by atoms with van der Waals surface area (Å²) in [5.41, 5.74) is 0.204. The van der Waals surface area contributed by atoms with E-state index in [9.17, 15) is 13.5 Å². The van der Waals surface area contributed by atoms with Gasteiger partial charge in [-0.25, -0.2) is 0 Å². The van der Waals surface area contributed by atoms with Gasteiger partial charge in [-0.2, -0.15) is 8.42 Å². The molecule has 0 amide bonds. The van der Waals surface area contributed by atoms with Gasteiger partial charge >= 0.3 is 0 Å². The minimum atomic E-state index is -3.70. The lowest BCUT2D eigenvalue weighted by Crippen LogP contribution is -2.36. The normalized spacial score (nSPS) is 26.7. The fourth-order valence-electron chi connectivity index (χ4n) is 2.47. The molecular weight excluding hydrogens is 312 g/mol. The molecular formula is C15H21ClO4S. The van der Waals surface area contributed by atoms with Crippen molar-refractivity contribution in [2.75, 3.05) is 12.5 Å². The molecule has 1 fully saturated rings. The van der Waals surface area contributed by atoms with Gasteiger partial charge in [0.25, 0.3) is 10.1 Å². The third kappa shape index (κ3) is 4.42. The van der Waals surface area contributed by atoms with Crippen molar-refractivity contribution in [2.24, 2.45) is 5.92 Å². The molecule has 1 saturated carbocycles. The first-order chi connectivity index (χ1) is 9.85. The lowest BCUT2D eigenvalue weighted by Gasteiger charge is -2.34. The Balaban J connectivity index is 1.90. The van der Waals surface area contributed by atoms with Gasteiger partial charge in [-0.05, 0) is 50.7 Å². The van der Waals surface area contributed by atoms with E-state index in [1.165, 1.54) is 0 Å². The third-order valence-corrected chi connectivity index (χ3v) is 5.85. The molecule has 6 heteroatoms. The van der Waals surface area contributed by atoms with Crippen LogP contribution in [0.5, 0.6) is 0 Å². The summed E-state index contributed by atoms with van der Waals surface area (Å²) in [6, 6.07) is 6.60. The minimum Gasteiger partial charge on any atom is -0.389 e. The summed E-state index contributed by atoms with van der Waals surface area (Å²) in [5, 5.41) is 10.0. The van der Waals surface area contributed by atoms with E-state index in [0.717, 1.165) is 18.4 Å². The largest absolute Gasteiger partial charge is 0.389 e. The van der Waals surface area contributed by atoms with Gasteiger partial charge < -0.3 is 5.11 Å². The van der Waals surface area contributed by atoms with Crippen LogP contribution in [-0.2, 0) is 14.3 Å². The number of hydrogen-bond donors (Lipinski definition) is 1. The SMILES string of the molecule is Cc1ccc(S(=O)(=O)OC[C@H]2CC[C@](O)(CCl)CC2)cc1. The highest BCUT2D eigenvalue weighted by atomic mass is 35.5. The van der Waals surface area contributed by atoms with Gasteiger partial charge in [0.1, 0.15) is 0 Å². The first-order valence-corrected chi connectivity index (χ1v) is 9.03. The first kappa shape index (κ1) is 16.7. The molecule has 1 aromatic rings. The summed E-state index contributed by atoms with van der Waals surface area (Å²) in [7, 11) is -3.70. The van der Waals surface area contributed by atoms with E-state index in [2.05, 4.69) is 0 Å². The van der Waals surface area contributed by atoms with E-state index in [-0.39, 0.29) is 23.3 Å². The maximum atomic E-state index is 12.1. The van der Waals surface area contributed by atoms with Crippen molar-refractivity contribution in [2.45, 2.75) is 43.1 Å². The average Bonchev–Trinajstić information content (AvgIpc) is 2.47. The molecule has 4 nitrogen and oxygen atoms in total. The number of aryl methyl sites for hydroxylation is 1. The Morgan fingerprint density at radius 3 is 2.38 bits per heavy atom. The number of benzene rings is 1. The van der Waals surface area contributed by atoms with Gasteiger partial charge in [0.05, 0.1) is 23.0 Å². The third-order valence-electron chi connectivity index (χ3n) is 4.05. The molecule has 118 valence electrons. The lowest BCUT2D eigenvalue weighted by molar-refractivity contribution is 0.00506. The van der Waals surface area contributed by atoms with Gasteiger partial charge in [-0.15, -0.1) is 11.6 Å². The molecule has 2 rings (SSSR count). The average molecular weight is 333 g/mol. The van der Waals surface area contributed by atoms with Crippen LogP contribution in [0.1, 0.15) is 31.2 Å². The van der Waals surface area contributed by atoms with Crippen LogP contribution in [0.4, 0.5) is 0 Å². The van der Waals surface area contributed by atoms with Gasteiger partial charge in [0.2, 0.25) is 0 Å². The molecule has 0 aliphatic heterocycles. The van der Waals surface area contributed by atoms with E-state index < -0.39 is 15.7 Å². The Kier molecular flexibility index (Phi) is 5.30. The summed E-state index contributed by atoms with van der Waals surface area (Å²) in [5.74, 6) is 0.371. The standard InChI is InChI=1S/C15H21ClO4S/c1-12-2-4-14(5-3-12)21(18,19)20-10-13-6-8-15(17,11-16)9-7-13/h2-5,13,17H,6-11H2,1H3/t13-,15+. The molecule has 0 radical (unpaired) electrons. The Morgan fingerprint density at radius 1 is 1.29 bits per heavy atom. The van der Waals surface area contributed by atoms with Crippen LogP contribution in [0.15, 0.2) is 29.2 Å². The van der Waals surface area contributed by atoms with Crippen LogP contribution in [0.3, 0.4) is 0 Å². The molecule has 0 aromatic heterocycles. The minimum absolute atomic E-state index is 0.147. The summed E-state index contributed by atoms with van der Waals surface area (Å²) in [6.45, 7) is 2.06. The molecule has 0 saturated heterocycles. The summed E-state index contributed by atoms with van der Waals surface area (Å²) < 4.78 is 29.3. The van der Waals surface area contributed by atoms with Crippen LogP contribution < -0.4 is 0 Å². The Morgan fingerprint density at radius 2 is 1.86 bits per heavy atom. The van der Waals surface area contributed by atoms with Crippen molar-refractivity contribution in [3.05, 3.63) is 29.8 Å². The van der Waals surface area contributed by atoms with Crippen LogP contribution >= 0.6 is 11.6 Å². The van der Waals surface area contributed by atoms with Gasteiger partial charge in [-0.3, -0.25) is 4.18 Å². The van der Waals surface area contributed by atoms with Gasteiger partial charge in [0, 0.05) is 0 Å². The van der Waals surface area contributed by atoms with E-state index in [1.807, 2.05) is 6.92 Å². The number of aliphatic hydroxyl groups is 1. The van der Waals surface area contributed by atoms with Crippen molar-refractivity contribution in [3.8, 4) is 0 Å². The molecule has 1 aromatic carbocycles. The second-order valence-electron chi connectivity index (χ2n) is 5.85. The van der Waals surface area contributed by atoms with E-state index >= 15 is 0 Å². The van der Waals surface area contributed by atoms with Crippen LogP contribution in [0, 0.1) is 12.8 Å². The lowest BCUT2D eigenvalue weighted by atomic mass is 9.80. The summed E-state index contributed by atoms with van der Waals surface area (Å²) in [4.78, 5) is 0.182. The molecule has 0 spiro atoms. The zero-order valence-corrected chi connectivity index (χ0v) is 13.7. The van der Waals surface area contributed by atoms with Crippen molar-refractivity contribution < 1.29 is 17.7 Å². The zero-order valence-electron chi connectivity index (χ0n) is 12.1. The van der Waals surface area contributed by atoms with Crippen LogP contribution in [0.2, 0.25) is 0 Å². The summed E-state index contributed by atoms with van der Waals surface area (Å²) >= 11 is 5.73. The van der Waals surface area contributed by atoms with Crippen LogP contribution in [-0.4, -0.2) is 31.6 Å². The highest BCUT2D eigenvalue weighted by molar-refractivity contribution is 7.86. The number of rotatable bonds is 5.